The minimum absolute atomic E-state index is 0.190. The molecule has 0 spiro atoms. The number of amides is 1. The quantitative estimate of drug-likeness (QED) is 0.494. The first kappa shape index (κ1) is 12.8. The largest absolute Gasteiger partial charge is 0.508 e. The molecule has 0 saturated carbocycles. The monoisotopic (exact) mass is 257 g/mol. The Kier molecular flexibility index (Phi) is 3.56. The van der Waals surface area contributed by atoms with Crippen LogP contribution in [0.3, 0.4) is 0 Å². The van der Waals surface area contributed by atoms with Crippen LogP contribution in [0.15, 0.2) is 42.5 Å². The van der Waals surface area contributed by atoms with Crippen molar-refractivity contribution in [2.75, 3.05) is 11.1 Å². The van der Waals surface area contributed by atoms with Gasteiger partial charge in [0.25, 0.3) is 0 Å². The summed E-state index contributed by atoms with van der Waals surface area (Å²) >= 11 is 0. The van der Waals surface area contributed by atoms with E-state index in [0.717, 1.165) is 5.69 Å². The number of carbonyl (C=O) groups is 1. The summed E-state index contributed by atoms with van der Waals surface area (Å²) in [7, 11) is 0. The number of benzene rings is 2. The van der Waals surface area contributed by atoms with Crippen LogP contribution in [-0.2, 0) is 6.54 Å². The van der Waals surface area contributed by atoms with Gasteiger partial charge >= 0.3 is 0 Å². The van der Waals surface area contributed by atoms with Crippen LogP contribution in [0.25, 0.3) is 0 Å². The third kappa shape index (κ3) is 3.16. The van der Waals surface area contributed by atoms with Crippen molar-refractivity contribution in [3.05, 3.63) is 53.6 Å². The van der Waals surface area contributed by atoms with E-state index in [1.165, 1.54) is 0 Å². The summed E-state index contributed by atoms with van der Waals surface area (Å²) in [5.74, 6) is -0.268. The number of hydrogen-bond acceptors (Lipinski definition) is 4. The summed E-state index contributed by atoms with van der Waals surface area (Å²) in [5, 5.41) is 12.8. The van der Waals surface area contributed by atoms with Crippen molar-refractivity contribution >= 4 is 17.3 Å². The van der Waals surface area contributed by atoms with E-state index >= 15 is 0 Å². The second-order valence-corrected chi connectivity index (χ2v) is 4.18. The number of carbonyl (C=O) groups excluding carboxylic acids is 1. The Balaban J connectivity index is 2.06. The molecule has 0 aliphatic rings. The molecule has 0 saturated heterocycles. The second-order valence-electron chi connectivity index (χ2n) is 4.18. The van der Waals surface area contributed by atoms with Gasteiger partial charge in [-0.2, -0.15) is 0 Å². The fourth-order valence-electron chi connectivity index (χ4n) is 1.70. The molecule has 0 fully saturated rings. The van der Waals surface area contributed by atoms with E-state index in [1.54, 1.807) is 42.5 Å². The Labute approximate surface area is 110 Å². The molecule has 0 radical (unpaired) electrons. The molecule has 2 aromatic rings. The molecule has 2 aromatic carbocycles. The summed E-state index contributed by atoms with van der Waals surface area (Å²) in [4.78, 5) is 10.9. The van der Waals surface area contributed by atoms with Crippen LogP contribution in [0.5, 0.6) is 5.75 Å². The van der Waals surface area contributed by atoms with Gasteiger partial charge in [-0.05, 0) is 42.5 Å². The van der Waals surface area contributed by atoms with Crippen molar-refractivity contribution in [1.29, 1.82) is 0 Å². The van der Waals surface area contributed by atoms with Gasteiger partial charge in [-0.15, -0.1) is 0 Å². The number of nitrogens with one attached hydrogen (secondary N) is 1. The number of phenols is 1. The Morgan fingerprint density at radius 2 is 1.84 bits per heavy atom. The lowest BCUT2D eigenvalue weighted by Crippen LogP contribution is -2.10. The molecule has 2 rings (SSSR count). The molecule has 0 unspecified atom stereocenters. The fourth-order valence-corrected chi connectivity index (χ4v) is 1.70. The Morgan fingerprint density at radius 3 is 2.47 bits per heavy atom. The average Bonchev–Trinajstić information content (AvgIpc) is 2.40. The van der Waals surface area contributed by atoms with Gasteiger partial charge in [0.05, 0.1) is 0 Å². The summed E-state index contributed by atoms with van der Waals surface area (Å²) in [5.41, 5.74) is 13.4. The van der Waals surface area contributed by atoms with E-state index in [2.05, 4.69) is 5.32 Å². The van der Waals surface area contributed by atoms with Crippen molar-refractivity contribution in [1.82, 2.24) is 0 Å². The lowest BCUT2D eigenvalue weighted by Gasteiger charge is -2.09. The number of primary amides is 1. The SMILES string of the molecule is NC(=O)c1ccc(NCc2cc(N)ccc2O)cc1. The number of nitrogens with two attached hydrogens (primary N) is 2. The molecule has 0 aromatic heterocycles. The van der Waals surface area contributed by atoms with Gasteiger partial charge in [0.15, 0.2) is 0 Å². The zero-order valence-electron chi connectivity index (χ0n) is 10.3. The van der Waals surface area contributed by atoms with E-state index in [1.807, 2.05) is 0 Å². The predicted octanol–water partition coefficient (Wildman–Crippen LogP) is 1.69. The van der Waals surface area contributed by atoms with Crippen molar-refractivity contribution < 1.29 is 9.90 Å². The smallest absolute Gasteiger partial charge is 0.248 e. The number of hydrogen-bond donors (Lipinski definition) is 4. The van der Waals surface area contributed by atoms with Crippen LogP contribution < -0.4 is 16.8 Å². The van der Waals surface area contributed by atoms with Crippen molar-refractivity contribution in [3.63, 3.8) is 0 Å². The Hall–Kier alpha value is -2.69. The topological polar surface area (TPSA) is 101 Å². The summed E-state index contributed by atoms with van der Waals surface area (Å²) < 4.78 is 0. The summed E-state index contributed by atoms with van der Waals surface area (Å²) in [6, 6.07) is 11.7. The van der Waals surface area contributed by atoms with Crippen LogP contribution in [0.4, 0.5) is 11.4 Å². The lowest BCUT2D eigenvalue weighted by molar-refractivity contribution is 0.100. The highest BCUT2D eigenvalue weighted by Gasteiger charge is 2.03. The minimum Gasteiger partial charge on any atom is -0.508 e. The van der Waals surface area contributed by atoms with Gasteiger partial charge in [-0.25, -0.2) is 0 Å². The first-order valence-electron chi connectivity index (χ1n) is 5.77. The van der Waals surface area contributed by atoms with E-state index in [4.69, 9.17) is 11.5 Å². The van der Waals surface area contributed by atoms with Crippen molar-refractivity contribution in [2.24, 2.45) is 5.73 Å². The Morgan fingerprint density at radius 1 is 1.16 bits per heavy atom. The molecule has 5 nitrogen and oxygen atoms in total. The third-order valence-electron chi connectivity index (χ3n) is 2.76. The van der Waals surface area contributed by atoms with Gasteiger partial charge in [-0.3, -0.25) is 4.79 Å². The highest BCUT2D eigenvalue weighted by molar-refractivity contribution is 5.93. The summed E-state index contributed by atoms with van der Waals surface area (Å²) in [6.07, 6.45) is 0. The molecule has 0 aliphatic carbocycles. The molecular formula is C14H15N3O2. The number of aromatic hydroxyl groups is 1. The molecule has 0 atom stereocenters. The van der Waals surface area contributed by atoms with Crippen LogP contribution in [0.1, 0.15) is 15.9 Å². The normalized spacial score (nSPS) is 10.1. The molecule has 6 N–H and O–H groups in total. The van der Waals surface area contributed by atoms with Crippen LogP contribution in [0.2, 0.25) is 0 Å². The second kappa shape index (κ2) is 5.30. The molecule has 0 aliphatic heterocycles. The molecule has 98 valence electrons. The molecule has 0 bridgehead atoms. The van der Waals surface area contributed by atoms with Gasteiger partial charge in [0.1, 0.15) is 5.75 Å². The van der Waals surface area contributed by atoms with Crippen LogP contribution in [0, 0.1) is 0 Å². The van der Waals surface area contributed by atoms with E-state index in [0.29, 0.717) is 23.4 Å². The molecule has 5 heteroatoms. The lowest BCUT2D eigenvalue weighted by atomic mass is 10.1. The number of nitrogen functional groups attached to an aromatic ring is 1. The fraction of sp³-hybridized carbons (Fsp3) is 0.0714. The van der Waals surface area contributed by atoms with E-state index in [-0.39, 0.29) is 5.75 Å². The Bertz CT molecular complexity index is 594. The number of rotatable bonds is 4. The molecular weight excluding hydrogens is 242 g/mol. The van der Waals surface area contributed by atoms with E-state index < -0.39 is 5.91 Å². The molecule has 19 heavy (non-hydrogen) atoms. The molecule has 1 amide bonds. The van der Waals surface area contributed by atoms with E-state index in [9.17, 15) is 9.90 Å². The van der Waals surface area contributed by atoms with Crippen molar-refractivity contribution in [2.45, 2.75) is 6.54 Å². The maximum Gasteiger partial charge on any atom is 0.248 e. The molecule has 0 heterocycles. The standard InChI is InChI=1S/C14H15N3O2/c15-11-3-6-13(18)10(7-11)8-17-12-4-1-9(2-5-12)14(16)19/h1-7,17-18H,8,15H2,(H2,16,19). The highest BCUT2D eigenvalue weighted by atomic mass is 16.3. The van der Waals surface area contributed by atoms with Crippen LogP contribution in [-0.4, -0.2) is 11.0 Å². The van der Waals surface area contributed by atoms with Crippen molar-refractivity contribution in [3.8, 4) is 5.75 Å². The zero-order valence-corrected chi connectivity index (χ0v) is 10.3. The van der Waals surface area contributed by atoms with Gasteiger partial charge in [-0.1, -0.05) is 0 Å². The predicted molar refractivity (Wildman–Crippen MR) is 74.8 cm³/mol. The summed E-state index contributed by atoms with van der Waals surface area (Å²) in [6.45, 7) is 0.437. The first-order valence-corrected chi connectivity index (χ1v) is 5.77. The average molecular weight is 257 g/mol. The third-order valence-corrected chi connectivity index (χ3v) is 2.76. The first-order chi connectivity index (χ1) is 9.06. The highest BCUT2D eigenvalue weighted by Crippen LogP contribution is 2.21. The number of anilines is 2. The van der Waals surface area contributed by atoms with Gasteiger partial charge < -0.3 is 21.9 Å². The van der Waals surface area contributed by atoms with Gasteiger partial charge in [0, 0.05) is 29.0 Å². The minimum atomic E-state index is -0.458. The number of phenolic OH excluding ortho intramolecular Hbond substituents is 1. The maximum absolute atomic E-state index is 10.9. The van der Waals surface area contributed by atoms with Crippen LogP contribution >= 0.6 is 0 Å². The van der Waals surface area contributed by atoms with Gasteiger partial charge in [0.2, 0.25) is 5.91 Å². The zero-order chi connectivity index (χ0) is 13.8. The maximum atomic E-state index is 10.9.